The zero-order valence-corrected chi connectivity index (χ0v) is 51.6. The number of rotatable bonds is 6. The third-order valence-corrected chi connectivity index (χ3v) is 18.8. The van der Waals surface area contributed by atoms with Gasteiger partial charge in [0.15, 0.2) is 0 Å². The molecule has 90 heavy (non-hydrogen) atoms. The number of hydrogen-bond acceptors (Lipinski definition) is 4. The molecule has 0 saturated carbocycles. The van der Waals surface area contributed by atoms with Gasteiger partial charge >= 0.3 is 7.12 Å². The van der Waals surface area contributed by atoms with Crippen molar-refractivity contribution in [2.45, 2.75) is 38.9 Å². The lowest BCUT2D eigenvalue weighted by molar-refractivity contribution is 0.00578. The van der Waals surface area contributed by atoms with Crippen LogP contribution in [0, 0.1) is 22.7 Å². The Morgan fingerprint density at radius 1 is 0.322 bits per heavy atom. The zero-order chi connectivity index (χ0) is 61.3. The minimum absolute atomic E-state index is 0.437. The van der Waals surface area contributed by atoms with E-state index in [-0.39, 0.29) is 0 Å². The standard InChI is InChI=1S/C37H23N3.C36H31BN2O2.C7H4BrN/c38-24-25-11-1-2-12-29(25)26-21-27(39-34-17-7-3-13-30(34)31-14-4-8-18-35(31)39)23-28(22-26)40-36-19-9-5-15-32(36)33-16-6-10-20-37(33)40;1-35(2)36(3,4)41-37(40-35)24-21-25(38-31-17-9-5-13-27(31)28-14-6-10-18-32(28)38)23-26(22-24)39-33-19-11-7-15-29(33)30-16-8-12-20-34(30)39;8-7-4-2-1-3-6(7)5-9/h1-23H;5-23H,1-4H3;1-4H. The summed E-state index contributed by atoms with van der Waals surface area (Å²) in [4.78, 5) is 0. The lowest BCUT2D eigenvalue weighted by Gasteiger charge is -2.32. The van der Waals surface area contributed by atoms with E-state index in [1.165, 1.54) is 65.2 Å². The van der Waals surface area contributed by atoms with Gasteiger partial charge in [0.05, 0.1) is 72.5 Å². The fourth-order valence-corrected chi connectivity index (χ4v) is 13.6. The van der Waals surface area contributed by atoms with Crippen molar-refractivity contribution < 1.29 is 9.31 Å². The van der Waals surface area contributed by atoms with E-state index in [4.69, 9.17) is 14.6 Å². The lowest BCUT2D eigenvalue weighted by Crippen LogP contribution is -2.41. The molecule has 1 aliphatic heterocycles. The van der Waals surface area contributed by atoms with E-state index in [0.717, 1.165) is 65.9 Å². The quantitative estimate of drug-likeness (QED) is 0.155. The molecular weight excluding hydrogens is 1170 g/mol. The molecule has 0 amide bonds. The molecule has 0 spiro atoms. The number of benzene rings is 12. The minimum atomic E-state index is -0.486. The van der Waals surface area contributed by atoms with E-state index in [1.54, 1.807) is 6.07 Å². The van der Waals surface area contributed by atoms with Crippen LogP contribution < -0.4 is 5.46 Å². The molecule has 430 valence electrons. The minimum Gasteiger partial charge on any atom is -0.399 e. The number of fused-ring (bicyclic) bond motifs is 12. The third kappa shape index (κ3) is 9.44. The highest BCUT2D eigenvalue weighted by Crippen LogP contribution is 2.41. The Bertz CT molecular complexity index is 5100. The van der Waals surface area contributed by atoms with E-state index >= 15 is 0 Å². The summed E-state index contributed by atoms with van der Waals surface area (Å²) in [5.74, 6) is 0. The summed E-state index contributed by atoms with van der Waals surface area (Å²) in [6, 6.07) is 102. The molecule has 12 aromatic carbocycles. The molecule has 16 aromatic rings. The van der Waals surface area contributed by atoms with Crippen LogP contribution >= 0.6 is 15.9 Å². The summed E-state index contributed by atoms with van der Waals surface area (Å²) >= 11 is 3.23. The largest absolute Gasteiger partial charge is 0.494 e. The summed E-state index contributed by atoms with van der Waals surface area (Å²) in [5, 5.41) is 28.3. The van der Waals surface area contributed by atoms with Crippen LogP contribution in [0.3, 0.4) is 0 Å². The van der Waals surface area contributed by atoms with Crippen molar-refractivity contribution in [1.29, 1.82) is 10.5 Å². The molecule has 0 radical (unpaired) electrons. The van der Waals surface area contributed by atoms with Crippen molar-refractivity contribution in [3.05, 3.63) is 295 Å². The molecule has 0 N–H and O–H groups in total. The smallest absolute Gasteiger partial charge is 0.399 e. The van der Waals surface area contributed by atoms with Gasteiger partial charge in [0.25, 0.3) is 0 Å². The van der Waals surface area contributed by atoms with Gasteiger partial charge in [0.1, 0.15) is 6.07 Å². The number of nitriles is 2. The van der Waals surface area contributed by atoms with Crippen LogP contribution in [0.1, 0.15) is 38.8 Å². The van der Waals surface area contributed by atoms with Crippen LogP contribution in [0.25, 0.3) is 121 Å². The van der Waals surface area contributed by atoms with Crippen molar-refractivity contribution in [2.75, 3.05) is 0 Å². The topological polar surface area (TPSA) is 85.8 Å². The number of nitrogens with zero attached hydrogens (tertiary/aromatic N) is 6. The predicted molar refractivity (Wildman–Crippen MR) is 375 cm³/mol. The maximum atomic E-state index is 9.99. The van der Waals surface area contributed by atoms with Gasteiger partial charge in [-0.1, -0.05) is 176 Å². The van der Waals surface area contributed by atoms with Gasteiger partial charge in [-0.15, -0.1) is 0 Å². The number of halogens is 1. The van der Waals surface area contributed by atoms with Crippen molar-refractivity contribution in [3.8, 4) is 46.0 Å². The van der Waals surface area contributed by atoms with E-state index in [9.17, 15) is 5.26 Å². The van der Waals surface area contributed by atoms with Gasteiger partial charge in [-0.05, 0) is 163 Å². The first-order valence-electron chi connectivity index (χ1n) is 30.2. The molecule has 4 aromatic heterocycles. The van der Waals surface area contributed by atoms with Crippen LogP contribution in [0.5, 0.6) is 0 Å². The highest BCUT2D eigenvalue weighted by atomic mass is 79.9. The summed E-state index contributed by atoms with van der Waals surface area (Å²) in [7, 11) is -0.486. The molecule has 5 heterocycles. The predicted octanol–water partition coefficient (Wildman–Crippen LogP) is 19.9. The van der Waals surface area contributed by atoms with Crippen molar-refractivity contribution in [1.82, 2.24) is 18.3 Å². The number of hydrogen-bond donors (Lipinski definition) is 0. The SMILES string of the molecule is CC1(C)OB(c2cc(-n3c4ccccc4c4ccccc43)cc(-n3c4ccccc4c4ccccc43)c2)OC1(C)C.N#Cc1ccccc1-c1cc(-n2c3ccccc3c3ccccc32)cc(-n2c3ccccc3c3ccccc32)c1.N#Cc1ccccc1Br. The highest BCUT2D eigenvalue weighted by Gasteiger charge is 2.52. The molecule has 0 bridgehead atoms. The third-order valence-electron chi connectivity index (χ3n) is 18.1. The fraction of sp³-hybridized carbons (Fsp3) is 0.0750. The van der Waals surface area contributed by atoms with Crippen molar-refractivity contribution >= 4 is 116 Å². The Kier molecular flexibility index (Phi) is 13.9. The normalized spacial score (nSPS) is 13.4. The number of para-hydroxylation sites is 8. The van der Waals surface area contributed by atoms with Crippen molar-refractivity contribution in [3.63, 3.8) is 0 Å². The van der Waals surface area contributed by atoms with Gasteiger partial charge in [-0.3, -0.25) is 0 Å². The van der Waals surface area contributed by atoms with Crippen molar-refractivity contribution in [2.24, 2.45) is 0 Å². The zero-order valence-electron chi connectivity index (χ0n) is 50.0. The van der Waals surface area contributed by atoms with E-state index in [2.05, 4.69) is 298 Å². The molecule has 0 unspecified atom stereocenters. The average Bonchev–Trinajstić information content (AvgIpc) is 1.62. The second-order valence-electron chi connectivity index (χ2n) is 23.8. The molecule has 0 aliphatic carbocycles. The second-order valence-corrected chi connectivity index (χ2v) is 24.7. The summed E-state index contributed by atoms with van der Waals surface area (Å²) < 4.78 is 23.5. The Hall–Kier alpha value is -10.7. The van der Waals surface area contributed by atoms with Crippen LogP contribution in [0.15, 0.2) is 284 Å². The van der Waals surface area contributed by atoms with Crippen LogP contribution in [0.4, 0.5) is 0 Å². The average molecular weight is 1230 g/mol. The fourth-order valence-electron chi connectivity index (χ4n) is 13.2. The maximum absolute atomic E-state index is 9.99. The Balaban J connectivity index is 0.000000132. The Morgan fingerprint density at radius 3 is 0.867 bits per heavy atom. The summed E-state index contributed by atoms with van der Waals surface area (Å²) in [5.41, 5.74) is 17.0. The van der Waals surface area contributed by atoms with Gasteiger partial charge in [0, 0.05) is 70.3 Å². The molecule has 1 aliphatic rings. The number of aromatic nitrogens is 4. The molecular formula is C80H58BBrN6O2. The monoisotopic (exact) mass is 1220 g/mol. The van der Waals surface area contributed by atoms with Crippen LogP contribution in [-0.2, 0) is 9.31 Å². The first-order valence-corrected chi connectivity index (χ1v) is 31.0. The van der Waals surface area contributed by atoms with Crippen LogP contribution in [-0.4, -0.2) is 36.6 Å². The van der Waals surface area contributed by atoms with E-state index < -0.39 is 18.3 Å². The Morgan fingerprint density at radius 2 is 0.578 bits per heavy atom. The highest BCUT2D eigenvalue weighted by molar-refractivity contribution is 9.10. The maximum Gasteiger partial charge on any atom is 0.494 e. The van der Waals surface area contributed by atoms with Gasteiger partial charge < -0.3 is 27.6 Å². The lowest BCUT2D eigenvalue weighted by atomic mass is 9.78. The first kappa shape index (κ1) is 55.8. The summed E-state index contributed by atoms with van der Waals surface area (Å²) in [6.45, 7) is 8.44. The Labute approximate surface area is 530 Å². The first-order chi connectivity index (χ1) is 44.0. The second kappa shape index (κ2) is 22.5. The van der Waals surface area contributed by atoms with E-state index in [1.807, 2.05) is 48.5 Å². The van der Waals surface area contributed by atoms with Gasteiger partial charge in [0.2, 0.25) is 0 Å². The molecule has 17 rings (SSSR count). The van der Waals surface area contributed by atoms with Gasteiger partial charge in [-0.2, -0.15) is 10.5 Å². The van der Waals surface area contributed by atoms with Gasteiger partial charge in [-0.25, -0.2) is 0 Å². The molecule has 8 nitrogen and oxygen atoms in total. The van der Waals surface area contributed by atoms with E-state index in [0.29, 0.717) is 11.1 Å². The van der Waals surface area contributed by atoms with Crippen LogP contribution in [0.2, 0.25) is 0 Å². The molecule has 10 heteroatoms. The molecule has 0 atom stereocenters. The molecule has 1 saturated heterocycles. The summed E-state index contributed by atoms with van der Waals surface area (Å²) in [6.07, 6.45) is 0. The molecule has 1 fully saturated rings.